The van der Waals surface area contributed by atoms with Crippen molar-refractivity contribution < 1.29 is 38.7 Å². The van der Waals surface area contributed by atoms with E-state index in [0.29, 0.717) is 24.3 Å². The fourth-order valence-electron chi connectivity index (χ4n) is 2.89. The number of carboxylic acids is 1. The van der Waals surface area contributed by atoms with Crippen molar-refractivity contribution in [3.8, 4) is 0 Å². The predicted octanol–water partition coefficient (Wildman–Crippen LogP) is 0.146. The van der Waals surface area contributed by atoms with E-state index in [2.05, 4.69) is 0 Å². The Bertz CT molecular complexity index is 612. The average molecular weight is 368 g/mol. The first-order valence-electron chi connectivity index (χ1n) is 8.45. The van der Waals surface area contributed by atoms with Crippen molar-refractivity contribution in [2.24, 2.45) is 0 Å². The highest BCUT2D eigenvalue weighted by Crippen LogP contribution is 2.22. The molecule has 0 aliphatic carbocycles. The average Bonchev–Trinajstić information content (AvgIpc) is 3.07. The Morgan fingerprint density at radius 2 is 1.42 bits per heavy atom. The van der Waals surface area contributed by atoms with Gasteiger partial charge in [-0.05, 0) is 12.8 Å². The van der Waals surface area contributed by atoms with Gasteiger partial charge < -0.3 is 9.94 Å². The summed E-state index contributed by atoms with van der Waals surface area (Å²) < 4.78 is 0. The van der Waals surface area contributed by atoms with E-state index < -0.39 is 41.6 Å². The number of nitrogens with zero attached hydrogens (tertiary/aromatic N) is 2. The topological polar surface area (TPSA) is 138 Å². The van der Waals surface area contributed by atoms with Gasteiger partial charge >= 0.3 is 11.9 Å². The fraction of sp³-hybridized carbons (Fsp3) is 0.625. The van der Waals surface area contributed by atoms with Crippen molar-refractivity contribution >= 4 is 35.6 Å². The number of hydrogen-bond donors (Lipinski definition) is 1. The Kier molecular flexibility index (Phi) is 6.42. The van der Waals surface area contributed by atoms with Gasteiger partial charge in [0.15, 0.2) is 0 Å². The van der Waals surface area contributed by atoms with E-state index >= 15 is 0 Å². The molecule has 4 amide bonds. The number of unbranched alkanes of at least 4 members (excludes halogenated alkanes) is 2. The predicted molar refractivity (Wildman–Crippen MR) is 82.8 cm³/mol. The van der Waals surface area contributed by atoms with Crippen LogP contribution in [0.25, 0.3) is 0 Å². The van der Waals surface area contributed by atoms with Crippen LogP contribution in [-0.2, 0) is 33.6 Å². The van der Waals surface area contributed by atoms with Crippen LogP contribution < -0.4 is 0 Å². The molecule has 1 N–H and O–H groups in total. The molecule has 0 aromatic carbocycles. The van der Waals surface area contributed by atoms with Gasteiger partial charge in [0.05, 0.1) is 0 Å². The second kappa shape index (κ2) is 8.54. The van der Waals surface area contributed by atoms with Crippen molar-refractivity contribution in [3.63, 3.8) is 0 Å². The van der Waals surface area contributed by atoms with Gasteiger partial charge in [-0.25, -0.2) is 4.79 Å². The lowest BCUT2D eigenvalue weighted by molar-refractivity contribution is -0.201. The molecule has 142 valence electrons. The van der Waals surface area contributed by atoms with Crippen molar-refractivity contribution in [1.82, 2.24) is 9.96 Å². The molecule has 10 nitrogen and oxygen atoms in total. The smallest absolute Gasteiger partial charge is 0.355 e. The molecule has 2 aliphatic heterocycles. The quantitative estimate of drug-likeness (QED) is 0.448. The molecule has 0 radical (unpaired) electrons. The second-order valence-corrected chi connectivity index (χ2v) is 6.16. The number of hydrogen-bond acceptors (Lipinski definition) is 7. The van der Waals surface area contributed by atoms with Gasteiger partial charge in [-0.3, -0.25) is 28.9 Å². The van der Waals surface area contributed by atoms with Crippen molar-refractivity contribution in [2.45, 2.75) is 63.8 Å². The first-order valence-corrected chi connectivity index (χ1v) is 8.45. The maximum absolute atomic E-state index is 12.4. The van der Waals surface area contributed by atoms with Crippen LogP contribution in [0.4, 0.5) is 0 Å². The normalized spacial score (nSPS) is 18.6. The van der Waals surface area contributed by atoms with Gasteiger partial charge in [-0.15, -0.1) is 5.06 Å². The molecule has 2 saturated heterocycles. The standard InChI is InChI=1S/C16H20N2O8/c19-11-6-7-12(20)17(11)10(4-2-1-3-5-15(23)24)16(25)26-18-13(21)8-9-14(18)22/h10H,1-9H2,(H,23,24). The first-order chi connectivity index (χ1) is 12.3. The molecule has 0 aromatic rings. The minimum absolute atomic E-state index is 0.0107. The summed E-state index contributed by atoms with van der Waals surface area (Å²) in [6, 6.07) is -1.23. The lowest BCUT2D eigenvalue weighted by atomic mass is 10.1. The van der Waals surface area contributed by atoms with Gasteiger partial charge in [-0.1, -0.05) is 12.8 Å². The van der Waals surface area contributed by atoms with E-state index in [0.717, 1.165) is 4.90 Å². The van der Waals surface area contributed by atoms with Crippen LogP contribution in [-0.4, -0.2) is 56.7 Å². The van der Waals surface area contributed by atoms with Crippen LogP contribution in [0.3, 0.4) is 0 Å². The summed E-state index contributed by atoms with van der Waals surface area (Å²) >= 11 is 0. The monoisotopic (exact) mass is 368 g/mol. The van der Waals surface area contributed by atoms with E-state index in [9.17, 15) is 28.8 Å². The molecule has 2 heterocycles. The lowest BCUT2D eigenvalue weighted by Crippen LogP contribution is -2.47. The molecule has 2 fully saturated rings. The summed E-state index contributed by atoms with van der Waals surface area (Å²) in [5, 5.41) is 9.00. The summed E-state index contributed by atoms with van der Waals surface area (Å²) in [7, 11) is 0. The Morgan fingerprint density at radius 1 is 0.885 bits per heavy atom. The maximum Gasteiger partial charge on any atom is 0.355 e. The molecule has 0 spiro atoms. The number of carbonyl (C=O) groups excluding carboxylic acids is 5. The maximum atomic E-state index is 12.4. The highest BCUT2D eigenvalue weighted by molar-refractivity contribution is 6.06. The summed E-state index contributed by atoms with van der Waals surface area (Å²) in [4.78, 5) is 75.7. The van der Waals surface area contributed by atoms with Gasteiger partial charge in [0, 0.05) is 32.1 Å². The van der Waals surface area contributed by atoms with Crippen LogP contribution in [0.15, 0.2) is 0 Å². The SMILES string of the molecule is O=C(O)CCCCCC(C(=O)ON1C(=O)CCC1=O)N1C(=O)CCC1=O. The number of likely N-dealkylation sites (tertiary alicyclic amines) is 1. The van der Waals surface area contributed by atoms with Crippen LogP contribution in [0.2, 0.25) is 0 Å². The third-order valence-corrected chi connectivity index (χ3v) is 4.23. The Balaban J connectivity index is 2.02. The molecule has 0 saturated carbocycles. The summed E-state index contributed by atoms with van der Waals surface area (Å²) in [5.41, 5.74) is 0. The Morgan fingerprint density at radius 3 is 1.96 bits per heavy atom. The van der Waals surface area contributed by atoms with Gasteiger partial charge in [0.1, 0.15) is 6.04 Å². The number of rotatable bonds is 9. The van der Waals surface area contributed by atoms with E-state index in [1.54, 1.807) is 0 Å². The zero-order valence-electron chi connectivity index (χ0n) is 14.1. The van der Waals surface area contributed by atoms with Crippen molar-refractivity contribution in [3.05, 3.63) is 0 Å². The zero-order valence-corrected chi connectivity index (χ0v) is 14.1. The van der Waals surface area contributed by atoms with E-state index in [1.807, 2.05) is 0 Å². The van der Waals surface area contributed by atoms with Crippen LogP contribution in [0.1, 0.15) is 57.8 Å². The van der Waals surface area contributed by atoms with Gasteiger partial charge in [0.2, 0.25) is 11.8 Å². The number of hydroxylamine groups is 2. The van der Waals surface area contributed by atoms with E-state index in [1.165, 1.54) is 0 Å². The highest BCUT2D eigenvalue weighted by atomic mass is 16.7. The largest absolute Gasteiger partial charge is 0.481 e. The zero-order chi connectivity index (χ0) is 19.3. The molecule has 10 heteroatoms. The Hall–Kier alpha value is -2.78. The van der Waals surface area contributed by atoms with E-state index in [-0.39, 0.29) is 38.5 Å². The van der Waals surface area contributed by atoms with Gasteiger partial charge in [0.25, 0.3) is 11.8 Å². The number of aliphatic carboxylic acids is 1. The molecule has 1 unspecified atom stereocenters. The molecular formula is C16H20N2O8. The number of carbonyl (C=O) groups is 6. The minimum atomic E-state index is -1.23. The summed E-state index contributed by atoms with van der Waals surface area (Å²) in [5.74, 6) is -4.28. The first kappa shape index (κ1) is 19.5. The molecule has 2 rings (SSSR count). The third kappa shape index (κ3) is 4.64. The highest BCUT2D eigenvalue weighted by Gasteiger charge is 2.42. The second-order valence-electron chi connectivity index (χ2n) is 6.16. The molecular weight excluding hydrogens is 348 g/mol. The lowest BCUT2D eigenvalue weighted by Gasteiger charge is -2.25. The van der Waals surface area contributed by atoms with Crippen molar-refractivity contribution in [2.75, 3.05) is 0 Å². The molecule has 26 heavy (non-hydrogen) atoms. The number of imide groups is 2. The number of amides is 4. The number of carboxylic acid groups (broad SMARTS) is 1. The van der Waals surface area contributed by atoms with Gasteiger partial charge in [-0.2, -0.15) is 0 Å². The molecule has 2 aliphatic rings. The summed E-state index contributed by atoms with van der Waals surface area (Å²) in [6.45, 7) is 0. The van der Waals surface area contributed by atoms with Crippen LogP contribution in [0.5, 0.6) is 0 Å². The van der Waals surface area contributed by atoms with Crippen molar-refractivity contribution in [1.29, 1.82) is 0 Å². The fourth-order valence-corrected chi connectivity index (χ4v) is 2.89. The van der Waals surface area contributed by atoms with E-state index in [4.69, 9.17) is 9.94 Å². The summed E-state index contributed by atoms with van der Waals surface area (Å²) in [6.07, 6.45) is 1.16. The molecule has 1 atom stereocenters. The Labute approximate surface area is 149 Å². The third-order valence-electron chi connectivity index (χ3n) is 4.23. The van der Waals surface area contributed by atoms with Crippen LogP contribution in [0, 0.1) is 0 Å². The molecule has 0 bridgehead atoms. The molecule has 0 aromatic heterocycles. The minimum Gasteiger partial charge on any atom is -0.481 e. The van der Waals surface area contributed by atoms with Crippen LogP contribution >= 0.6 is 0 Å².